The molecular formula is C11H11NOS. The topological polar surface area (TPSA) is 25.2 Å². The molecule has 3 heteroatoms. The first-order chi connectivity index (χ1) is 6.77. The van der Waals surface area contributed by atoms with Crippen LogP contribution in [0.15, 0.2) is 52.5 Å². The third-order valence-electron chi connectivity index (χ3n) is 1.98. The first kappa shape index (κ1) is 9.21. The number of hydrogen-bond acceptors (Lipinski definition) is 2. The van der Waals surface area contributed by atoms with Gasteiger partial charge in [0.2, 0.25) is 0 Å². The first-order valence-corrected chi connectivity index (χ1v) is 5.16. The van der Waals surface area contributed by atoms with E-state index < -0.39 is 0 Å². The SMILES string of the molecule is Cn1cccc1Sc1ccccc1O. The molecule has 2 rings (SSSR count). The van der Waals surface area contributed by atoms with E-state index in [9.17, 15) is 5.11 Å². The number of phenols is 1. The predicted octanol–water partition coefficient (Wildman–Crippen LogP) is 2.88. The summed E-state index contributed by atoms with van der Waals surface area (Å²) in [6, 6.07) is 11.4. The third kappa shape index (κ3) is 1.77. The van der Waals surface area contributed by atoms with E-state index in [2.05, 4.69) is 0 Å². The van der Waals surface area contributed by atoms with Gasteiger partial charge in [0.15, 0.2) is 0 Å². The van der Waals surface area contributed by atoms with Crippen molar-refractivity contribution in [1.29, 1.82) is 0 Å². The molecule has 72 valence electrons. The Morgan fingerprint density at radius 2 is 1.93 bits per heavy atom. The molecule has 0 spiro atoms. The van der Waals surface area contributed by atoms with Gasteiger partial charge in [0.25, 0.3) is 0 Å². The van der Waals surface area contributed by atoms with Crippen LogP contribution in [0.25, 0.3) is 0 Å². The van der Waals surface area contributed by atoms with Crippen LogP contribution in [-0.2, 0) is 7.05 Å². The van der Waals surface area contributed by atoms with Crippen LogP contribution >= 0.6 is 11.8 Å². The van der Waals surface area contributed by atoms with Gasteiger partial charge in [-0.3, -0.25) is 0 Å². The molecule has 1 heterocycles. The normalized spacial score (nSPS) is 10.4. The molecule has 1 aromatic carbocycles. The summed E-state index contributed by atoms with van der Waals surface area (Å²) in [5.41, 5.74) is 0. The van der Waals surface area contributed by atoms with Crippen molar-refractivity contribution < 1.29 is 5.11 Å². The van der Waals surface area contributed by atoms with E-state index in [1.807, 2.05) is 48.1 Å². The lowest BCUT2D eigenvalue weighted by molar-refractivity contribution is 0.462. The van der Waals surface area contributed by atoms with Crippen LogP contribution in [0.1, 0.15) is 0 Å². The van der Waals surface area contributed by atoms with Crippen molar-refractivity contribution in [3.05, 3.63) is 42.6 Å². The Balaban J connectivity index is 2.28. The molecular weight excluding hydrogens is 194 g/mol. The zero-order valence-electron chi connectivity index (χ0n) is 7.84. The molecule has 0 aliphatic heterocycles. The standard InChI is InChI=1S/C11H11NOS/c1-12-8-4-7-11(12)14-10-6-3-2-5-9(10)13/h2-8,13H,1H3. The molecule has 0 aliphatic carbocycles. The van der Waals surface area contributed by atoms with Gasteiger partial charge in [-0.1, -0.05) is 23.9 Å². The number of aryl methyl sites for hydroxylation is 1. The van der Waals surface area contributed by atoms with E-state index >= 15 is 0 Å². The van der Waals surface area contributed by atoms with E-state index in [1.54, 1.807) is 17.8 Å². The van der Waals surface area contributed by atoms with Crippen LogP contribution < -0.4 is 0 Å². The van der Waals surface area contributed by atoms with E-state index in [0.29, 0.717) is 5.75 Å². The number of phenolic OH excluding ortho intramolecular Hbond substituents is 1. The summed E-state index contributed by atoms with van der Waals surface area (Å²) < 4.78 is 2.02. The molecule has 0 saturated heterocycles. The fraction of sp³-hybridized carbons (Fsp3) is 0.0909. The molecule has 14 heavy (non-hydrogen) atoms. The highest BCUT2D eigenvalue weighted by atomic mass is 32.2. The maximum absolute atomic E-state index is 9.57. The number of aromatic hydroxyl groups is 1. The van der Waals surface area contributed by atoms with Gasteiger partial charge in [-0.25, -0.2) is 0 Å². The van der Waals surface area contributed by atoms with Crippen molar-refractivity contribution in [2.75, 3.05) is 0 Å². The zero-order chi connectivity index (χ0) is 9.97. The number of para-hydroxylation sites is 1. The fourth-order valence-electron chi connectivity index (χ4n) is 1.21. The summed E-state index contributed by atoms with van der Waals surface area (Å²) >= 11 is 1.56. The van der Waals surface area contributed by atoms with Gasteiger partial charge < -0.3 is 9.67 Å². The second kappa shape index (κ2) is 3.80. The van der Waals surface area contributed by atoms with Crippen LogP contribution in [0.5, 0.6) is 5.75 Å². The van der Waals surface area contributed by atoms with Crippen molar-refractivity contribution in [2.45, 2.75) is 9.92 Å². The van der Waals surface area contributed by atoms with Gasteiger partial charge in [0, 0.05) is 13.2 Å². The first-order valence-electron chi connectivity index (χ1n) is 4.34. The van der Waals surface area contributed by atoms with Crippen molar-refractivity contribution >= 4 is 11.8 Å². The summed E-state index contributed by atoms with van der Waals surface area (Å²) in [5, 5.41) is 10.7. The Morgan fingerprint density at radius 1 is 1.14 bits per heavy atom. The molecule has 0 saturated carbocycles. The molecule has 2 nitrogen and oxygen atoms in total. The smallest absolute Gasteiger partial charge is 0.129 e. The second-order valence-electron chi connectivity index (χ2n) is 3.03. The third-order valence-corrected chi connectivity index (χ3v) is 3.17. The van der Waals surface area contributed by atoms with E-state index in [1.165, 1.54) is 0 Å². The van der Waals surface area contributed by atoms with E-state index in [0.717, 1.165) is 9.92 Å². The molecule has 2 aromatic rings. The van der Waals surface area contributed by atoms with Crippen LogP contribution in [0.4, 0.5) is 0 Å². The van der Waals surface area contributed by atoms with Crippen LogP contribution in [0.3, 0.4) is 0 Å². The predicted molar refractivity (Wildman–Crippen MR) is 57.6 cm³/mol. The molecule has 0 unspecified atom stereocenters. The minimum absolute atomic E-state index is 0.332. The molecule has 1 N–H and O–H groups in total. The molecule has 0 radical (unpaired) electrons. The van der Waals surface area contributed by atoms with Crippen LogP contribution in [-0.4, -0.2) is 9.67 Å². The highest BCUT2D eigenvalue weighted by molar-refractivity contribution is 7.99. The van der Waals surface area contributed by atoms with Crippen molar-refractivity contribution in [1.82, 2.24) is 4.57 Å². The maximum atomic E-state index is 9.57. The number of rotatable bonds is 2. The number of aromatic nitrogens is 1. The number of nitrogens with zero attached hydrogens (tertiary/aromatic N) is 1. The minimum Gasteiger partial charge on any atom is -0.507 e. The van der Waals surface area contributed by atoms with Crippen molar-refractivity contribution in [3.8, 4) is 5.75 Å². The average Bonchev–Trinajstić information content (AvgIpc) is 2.56. The molecule has 1 aromatic heterocycles. The Labute approximate surface area is 87.2 Å². The van der Waals surface area contributed by atoms with Gasteiger partial charge in [-0.05, 0) is 24.3 Å². The fourth-order valence-corrected chi connectivity index (χ4v) is 2.10. The maximum Gasteiger partial charge on any atom is 0.129 e. The largest absolute Gasteiger partial charge is 0.507 e. The van der Waals surface area contributed by atoms with Gasteiger partial charge in [-0.2, -0.15) is 0 Å². The molecule has 0 bridgehead atoms. The minimum atomic E-state index is 0.332. The quantitative estimate of drug-likeness (QED) is 0.815. The number of hydrogen-bond donors (Lipinski definition) is 1. The lowest BCUT2D eigenvalue weighted by atomic mass is 10.3. The van der Waals surface area contributed by atoms with Crippen LogP contribution in [0.2, 0.25) is 0 Å². The second-order valence-corrected chi connectivity index (χ2v) is 4.09. The van der Waals surface area contributed by atoms with Gasteiger partial charge in [0.05, 0.1) is 9.92 Å². The monoisotopic (exact) mass is 205 g/mol. The van der Waals surface area contributed by atoms with Crippen LogP contribution in [0, 0.1) is 0 Å². The summed E-state index contributed by atoms with van der Waals surface area (Å²) in [7, 11) is 1.99. The Bertz CT molecular complexity index is 436. The average molecular weight is 205 g/mol. The summed E-state index contributed by atoms with van der Waals surface area (Å²) in [6.45, 7) is 0. The highest BCUT2D eigenvalue weighted by Gasteiger charge is 2.03. The Morgan fingerprint density at radius 3 is 2.57 bits per heavy atom. The van der Waals surface area contributed by atoms with Crippen molar-refractivity contribution in [3.63, 3.8) is 0 Å². The van der Waals surface area contributed by atoms with Gasteiger partial charge in [-0.15, -0.1) is 0 Å². The van der Waals surface area contributed by atoms with E-state index in [-0.39, 0.29) is 0 Å². The summed E-state index contributed by atoms with van der Waals surface area (Å²) in [4.78, 5) is 0.884. The van der Waals surface area contributed by atoms with Gasteiger partial charge in [0.1, 0.15) is 5.75 Å². The Kier molecular flexibility index (Phi) is 2.50. The molecule has 0 amide bonds. The summed E-state index contributed by atoms with van der Waals surface area (Å²) in [6.07, 6.45) is 1.99. The summed E-state index contributed by atoms with van der Waals surface area (Å²) in [5.74, 6) is 0.332. The van der Waals surface area contributed by atoms with Gasteiger partial charge >= 0.3 is 0 Å². The Hall–Kier alpha value is -1.35. The number of benzene rings is 1. The molecule has 0 fully saturated rings. The highest BCUT2D eigenvalue weighted by Crippen LogP contribution is 2.33. The lowest BCUT2D eigenvalue weighted by Gasteiger charge is -2.04. The molecule has 0 atom stereocenters. The molecule has 0 aliphatic rings. The van der Waals surface area contributed by atoms with Crippen molar-refractivity contribution in [2.24, 2.45) is 7.05 Å². The lowest BCUT2D eigenvalue weighted by Crippen LogP contribution is -1.86. The van der Waals surface area contributed by atoms with E-state index in [4.69, 9.17) is 0 Å². The zero-order valence-corrected chi connectivity index (χ0v) is 8.66.